The van der Waals surface area contributed by atoms with Gasteiger partial charge in [-0.2, -0.15) is 0 Å². The highest BCUT2D eigenvalue weighted by atomic mass is 35.5. The van der Waals surface area contributed by atoms with Crippen LogP contribution in [0.5, 0.6) is 0 Å². The van der Waals surface area contributed by atoms with Gasteiger partial charge in [0.25, 0.3) is 0 Å². The zero-order valence-corrected chi connectivity index (χ0v) is 18.1. The van der Waals surface area contributed by atoms with Crippen LogP contribution in [0.3, 0.4) is 0 Å². The summed E-state index contributed by atoms with van der Waals surface area (Å²) >= 11 is 7.30. The average molecular weight is 439 g/mol. The summed E-state index contributed by atoms with van der Waals surface area (Å²) in [6, 6.07) is 18.0. The first kappa shape index (κ1) is 20.7. The Kier molecular flexibility index (Phi) is 6.55. The summed E-state index contributed by atoms with van der Waals surface area (Å²) < 4.78 is 2.08. The number of nitrogens with one attached hydrogen (secondary N) is 1. The molecule has 0 bridgehead atoms. The fourth-order valence-corrected chi connectivity index (χ4v) is 4.43. The number of carbonyl (C=O) groups is 1. The molecular formula is C23H23ClN4OS. The van der Waals surface area contributed by atoms with Gasteiger partial charge in [0, 0.05) is 24.0 Å². The molecule has 30 heavy (non-hydrogen) atoms. The molecule has 2 unspecified atom stereocenters. The zero-order valence-electron chi connectivity index (χ0n) is 16.5. The maximum atomic E-state index is 12.3. The van der Waals surface area contributed by atoms with Gasteiger partial charge in [0.1, 0.15) is 5.82 Å². The molecule has 0 saturated heterocycles. The van der Waals surface area contributed by atoms with E-state index in [9.17, 15) is 4.79 Å². The molecule has 0 aliphatic heterocycles. The Balaban J connectivity index is 1.35. The number of nitrogens with zero attached hydrogens (tertiary/aromatic N) is 3. The van der Waals surface area contributed by atoms with Gasteiger partial charge in [-0.1, -0.05) is 71.9 Å². The Morgan fingerprint density at radius 3 is 2.67 bits per heavy atom. The predicted octanol–water partition coefficient (Wildman–Crippen LogP) is 4.80. The highest BCUT2D eigenvalue weighted by Crippen LogP contribution is 2.54. The first-order valence-corrected chi connectivity index (χ1v) is 11.2. The van der Waals surface area contributed by atoms with Crippen molar-refractivity contribution in [2.45, 2.75) is 36.5 Å². The van der Waals surface area contributed by atoms with E-state index in [2.05, 4.69) is 50.9 Å². The second-order valence-electron chi connectivity index (χ2n) is 7.29. The molecular weight excluding hydrogens is 416 g/mol. The van der Waals surface area contributed by atoms with Crippen LogP contribution in [0, 0.1) is 0 Å². The fraction of sp³-hybridized carbons (Fsp3) is 0.261. The number of rotatable bonds is 9. The van der Waals surface area contributed by atoms with Crippen LogP contribution in [0.1, 0.15) is 35.2 Å². The zero-order chi connectivity index (χ0) is 20.9. The highest BCUT2D eigenvalue weighted by Gasteiger charge is 2.43. The van der Waals surface area contributed by atoms with Crippen molar-refractivity contribution in [2.75, 3.05) is 5.75 Å². The lowest BCUT2D eigenvalue weighted by Gasteiger charge is -2.08. The number of hydrogen-bond acceptors (Lipinski definition) is 4. The van der Waals surface area contributed by atoms with Crippen molar-refractivity contribution in [3.8, 4) is 0 Å². The van der Waals surface area contributed by atoms with E-state index in [4.69, 9.17) is 11.6 Å². The minimum atomic E-state index is -0.0433. The molecule has 1 heterocycles. The first-order chi connectivity index (χ1) is 14.7. The molecule has 2 aromatic carbocycles. The molecule has 4 rings (SSSR count). The van der Waals surface area contributed by atoms with Crippen LogP contribution in [0.4, 0.5) is 0 Å². The monoisotopic (exact) mass is 438 g/mol. The van der Waals surface area contributed by atoms with Crippen molar-refractivity contribution >= 4 is 29.3 Å². The van der Waals surface area contributed by atoms with Crippen LogP contribution in [0.25, 0.3) is 0 Å². The first-order valence-electron chi connectivity index (χ1n) is 9.88. The number of thioether (sulfide) groups is 1. The van der Waals surface area contributed by atoms with Gasteiger partial charge in [0.05, 0.1) is 5.75 Å². The standard InChI is InChI=1S/C23H23ClN4OS/c1-2-12-28-22(20-13-19(20)17-6-4-3-5-7-17)26-27-23(28)30-15-21(29)25-14-16-8-10-18(24)11-9-16/h2-11,19-20H,1,12-15H2,(H,25,29). The molecule has 1 aromatic heterocycles. The molecule has 0 radical (unpaired) electrons. The molecule has 154 valence electrons. The quantitative estimate of drug-likeness (QED) is 0.385. The van der Waals surface area contributed by atoms with E-state index < -0.39 is 0 Å². The maximum absolute atomic E-state index is 12.3. The van der Waals surface area contributed by atoms with E-state index in [1.165, 1.54) is 17.3 Å². The number of benzene rings is 2. The average Bonchev–Trinajstić information content (AvgIpc) is 3.47. The fourth-order valence-electron chi connectivity index (χ4n) is 3.51. The van der Waals surface area contributed by atoms with Gasteiger partial charge in [-0.25, -0.2) is 0 Å². The van der Waals surface area contributed by atoms with Crippen molar-refractivity contribution in [3.05, 3.63) is 89.2 Å². The molecule has 3 aromatic rings. The third-order valence-corrected chi connectivity index (χ3v) is 6.36. The van der Waals surface area contributed by atoms with Gasteiger partial charge in [-0.05, 0) is 35.6 Å². The van der Waals surface area contributed by atoms with Crippen LogP contribution in [0.2, 0.25) is 5.02 Å². The van der Waals surface area contributed by atoms with Crippen LogP contribution in [0.15, 0.2) is 72.4 Å². The summed E-state index contributed by atoms with van der Waals surface area (Å²) in [5, 5.41) is 13.2. The van der Waals surface area contributed by atoms with Gasteiger partial charge < -0.3 is 9.88 Å². The molecule has 7 heteroatoms. The summed E-state index contributed by atoms with van der Waals surface area (Å²) in [6.45, 7) is 4.97. The van der Waals surface area contributed by atoms with Crippen molar-refractivity contribution in [2.24, 2.45) is 0 Å². The molecule has 5 nitrogen and oxygen atoms in total. The molecule has 1 N–H and O–H groups in total. The van der Waals surface area contributed by atoms with Crippen LogP contribution in [-0.2, 0) is 17.9 Å². The number of hydrogen-bond donors (Lipinski definition) is 1. The van der Waals surface area contributed by atoms with Crippen molar-refractivity contribution in [1.29, 1.82) is 0 Å². The summed E-state index contributed by atoms with van der Waals surface area (Å²) in [5.74, 6) is 2.08. The number of amides is 1. The summed E-state index contributed by atoms with van der Waals surface area (Å²) in [5.41, 5.74) is 2.35. The Bertz CT molecular complexity index is 1020. The molecule has 1 saturated carbocycles. The van der Waals surface area contributed by atoms with Gasteiger partial charge >= 0.3 is 0 Å². The van der Waals surface area contributed by atoms with Crippen LogP contribution in [-0.4, -0.2) is 26.4 Å². The number of halogens is 1. The lowest BCUT2D eigenvalue weighted by Crippen LogP contribution is -2.24. The molecule has 2 atom stereocenters. The molecule has 0 spiro atoms. The van der Waals surface area contributed by atoms with Crippen LogP contribution >= 0.6 is 23.4 Å². The minimum absolute atomic E-state index is 0.0433. The summed E-state index contributed by atoms with van der Waals surface area (Å²) in [6.07, 6.45) is 2.92. The largest absolute Gasteiger partial charge is 0.351 e. The molecule has 1 amide bonds. The van der Waals surface area contributed by atoms with Crippen molar-refractivity contribution in [3.63, 3.8) is 0 Å². The van der Waals surface area contributed by atoms with E-state index in [1.54, 1.807) is 0 Å². The number of allylic oxidation sites excluding steroid dienone is 1. The molecule has 1 fully saturated rings. The Hall–Kier alpha value is -2.57. The van der Waals surface area contributed by atoms with Gasteiger partial charge in [0.15, 0.2) is 5.16 Å². The van der Waals surface area contributed by atoms with Crippen LogP contribution < -0.4 is 5.32 Å². The van der Waals surface area contributed by atoms with Gasteiger partial charge in [0.2, 0.25) is 5.91 Å². The Labute approximate surface area is 185 Å². The van der Waals surface area contributed by atoms with E-state index >= 15 is 0 Å². The normalized spacial score (nSPS) is 17.5. The summed E-state index contributed by atoms with van der Waals surface area (Å²) in [4.78, 5) is 12.3. The summed E-state index contributed by atoms with van der Waals surface area (Å²) in [7, 11) is 0. The maximum Gasteiger partial charge on any atom is 0.230 e. The molecule has 1 aliphatic carbocycles. The van der Waals surface area contributed by atoms with Gasteiger partial charge in [-0.15, -0.1) is 16.8 Å². The topological polar surface area (TPSA) is 59.8 Å². The smallest absolute Gasteiger partial charge is 0.230 e. The Morgan fingerprint density at radius 2 is 1.93 bits per heavy atom. The van der Waals surface area contributed by atoms with Crippen molar-refractivity contribution in [1.82, 2.24) is 20.1 Å². The highest BCUT2D eigenvalue weighted by molar-refractivity contribution is 7.99. The van der Waals surface area contributed by atoms with E-state index in [0.717, 1.165) is 23.0 Å². The molecule has 1 aliphatic rings. The van der Waals surface area contributed by atoms with E-state index in [0.29, 0.717) is 29.9 Å². The minimum Gasteiger partial charge on any atom is -0.351 e. The number of aromatic nitrogens is 3. The second kappa shape index (κ2) is 9.49. The van der Waals surface area contributed by atoms with E-state index in [-0.39, 0.29) is 11.7 Å². The van der Waals surface area contributed by atoms with Crippen molar-refractivity contribution < 1.29 is 4.79 Å². The Morgan fingerprint density at radius 1 is 1.17 bits per heavy atom. The number of carbonyl (C=O) groups excluding carboxylic acids is 1. The van der Waals surface area contributed by atoms with E-state index in [1.807, 2.05) is 36.4 Å². The predicted molar refractivity (Wildman–Crippen MR) is 121 cm³/mol. The second-order valence-corrected chi connectivity index (χ2v) is 8.67. The third kappa shape index (κ3) is 4.94. The lowest BCUT2D eigenvalue weighted by atomic mass is 10.1. The SMILES string of the molecule is C=CCn1c(SCC(=O)NCc2ccc(Cl)cc2)nnc1C1CC1c1ccccc1. The van der Waals surface area contributed by atoms with Gasteiger partial charge in [-0.3, -0.25) is 4.79 Å². The lowest BCUT2D eigenvalue weighted by molar-refractivity contribution is -0.118. The third-order valence-electron chi connectivity index (χ3n) is 5.14.